The fourth-order valence-electron chi connectivity index (χ4n) is 9.92. The van der Waals surface area contributed by atoms with E-state index in [-0.39, 0.29) is 76.4 Å². The molecule has 0 aliphatic carbocycles. The molecule has 4 aromatic carbocycles. The van der Waals surface area contributed by atoms with Crippen LogP contribution in [0.4, 0.5) is 8.78 Å². The quantitative estimate of drug-likeness (QED) is 0.0766. The highest BCUT2D eigenvalue weighted by molar-refractivity contribution is 6.45. The average molecular weight is 1030 g/mol. The molecule has 6 heterocycles. The second-order valence-electron chi connectivity index (χ2n) is 19.6. The minimum atomic E-state index is -0.692. The highest BCUT2D eigenvalue weighted by Crippen LogP contribution is 2.31. The first kappa shape index (κ1) is 52.6. The number of benzene rings is 4. The van der Waals surface area contributed by atoms with E-state index in [1.807, 2.05) is 55.3 Å². The van der Waals surface area contributed by atoms with Gasteiger partial charge in [-0.05, 0) is 113 Å². The molecular weight excluding hydrogens is 966 g/mol. The molecule has 0 radical (unpaired) electrons. The fourth-order valence-corrected chi connectivity index (χ4v) is 10.4. The van der Waals surface area contributed by atoms with E-state index in [2.05, 4.69) is 38.9 Å². The van der Waals surface area contributed by atoms with Crippen molar-refractivity contribution in [2.24, 2.45) is 0 Å². The van der Waals surface area contributed by atoms with Crippen LogP contribution in [0, 0.1) is 11.6 Å². The second kappa shape index (κ2) is 23.0. The average Bonchev–Trinajstić information content (AvgIpc) is 4.20. The van der Waals surface area contributed by atoms with Gasteiger partial charge in [0.15, 0.2) is 0 Å². The van der Waals surface area contributed by atoms with Crippen LogP contribution in [0.1, 0.15) is 82.7 Å². The number of aliphatic hydroxyl groups excluding tert-OH is 2. The molecule has 14 nitrogen and oxygen atoms in total. The van der Waals surface area contributed by atoms with Crippen molar-refractivity contribution in [1.29, 1.82) is 0 Å². The summed E-state index contributed by atoms with van der Waals surface area (Å²) in [4.78, 5) is 68.4. The van der Waals surface area contributed by atoms with E-state index < -0.39 is 17.8 Å². The van der Waals surface area contributed by atoms with Crippen LogP contribution in [-0.4, -0.2) is 157 Å². The number of β-amino-alcohol motifs (C(OH)–C–C–N with tert-alkyl or cyclic N) is 2. The third kappa shape index (κ3) is 12.2. The van der Waals surface area contributed by atoms with E-state index in [1.54, 1.807) is 29.2 Å². The first-order chi connectivity index (χ1) is 34.4. The van der Waals surface area contributed by atoms with Crippen LogP contribution in [0.2, 0.25) is 10.0 Å². The van der Waals surface area contributed by atoms with Crippen molar-refractivity contribution in [3.8, 4) is 0 Å². The Morgan fingerprint density at radius 1 is 0.625 bits per heavy atom. The zero-order chi connectivity index (χ0) is 51.4. The Hall–Kier alpha value is -5.72. The molecule has 72 heavy (non-hydrogen) atoms. The van der Waals surface area contributed by atoms with Gasteiger partial charge >= 0.3 is 0 Å². The lowest BCUT2D eigenvalue weighted by Gasteiger charge is -2.44. The molecule has 6 atom stereocenters. The van der Waals surface area contributed by atoms with E-state index in [0.717, 1.165) is 54.6 Å². The molecule has 3 amide bonds. The summed E-state index contributed by atoms with van der Waals surface area (Å²) in [5, 5.41) is 23.6. The number of likely N-dealkylation sites (tertiary alicyclic amines) is 1. The molecule has 4 fully saturated rings. The second-order valence-corrected chi connectivity index (χ2v) is 20.4. The molecule has 0 spiro atoms. The number of ketones is 1. The largest absolute Gasteiger partial charge is 0.392 e. The van der Waals surface area contributed by atoms with E-state index >= 15 is 0 Å². The number of amides is 3. The Kier molecular flexibility index (Phi) is 16.8. The monoisotopic (exact) mass is 1030 g/mol. The summed E-state index contributed by atoms with van der Waals surface area (Å²) in [7, 11) is 0. The molecule has 6 aromatic rings. The number of hydrogen-bond donors (Lipinski definition) is 5. The lowest BCUT2D eigenvalue weighted by Crippen LogP contribution is -2.57. The summed E-state index contributed by atoms with van der Waals surface area (Å²) < 4.78 is 26.4. The van der Waals surface area contributed by atoms with Crippen molar-refractivity contribution in [2.75, 3.05) is 52.4 Å². The summed E-state index contributed by atoms with van der Waals surface area (Å²) in [6.07, 6.45) is 3.98. The predicted molar refractivity (Wildman–Crippen MR) is 275 cm³/mol. The third-order valence-corrected chi connectivity index (χ3v) is 14.8. The van der Waals surface area contributed by atoms with Gasteiger partial charge in [-0.15, -0.1) is 0 Å². The number of nitrogens with one attached hydrogen (secondary N) is 3. The third-order valence-electron chi connectivity index (χ3n) is 14.1. The Balaban J connectivity index is 0.000000178. The van der Waals surface area contributed by atoms with Gasteiger partial charge in [0, 0.05) is 117 Å². The van der Waals surface area contributed by atoms with Gasteiger partial charge in [0.25, 0.3) is 23.5 Å². The number of halogens is 4. The van der Waals surface area contributed by atoms with Gasteiger partial charge in [-0.1, -0.05) is 47.5 Å². The maximum absolute atomic E-state index is 13.7. The van der Waals surface area contributed by atoms with Crippen LogP contribution in [-0.2, 0) is 17.9 Å². The predicted octanol–water partition coefficient (Wildman–Crippen LogP) is 7.51. The van der Waals surface area contributed by atoms with E-state index in [1.165, 1.54) is 35.4 Å². The smallest absolute Gasteiger partial charge is 0.295 e. The minimum Gasteiger partial charge on any atom is -0.392 e. The molecule has 10 rings (SSSR count). The molecule has 2 aromatic heterocycles. The summed E-state index contributed by atoms with van der Waals surface area (Å²) in [6, 6.07) is 22.0. The van der Waals surface area contributed by atoms with Crippen molar-refractivity contribution in [3.63, 3.8) is 0 Å². The van der Waals surface area contributed by atoms with Gasteiger partial charge in [0.05, 0.1) is 38.9 Å². The number of hydrogen-bond acceptors (Lipinski definition) is 9. The highest BCUT2D eigenvalue weighted by atomic mass is 35.5. The number of piperazine rings is 2. The van der Waals surface area contributed by atoms with Gasteiger partial charge in [-0.25, -0.2) is 8.78 Å². The summed E-state index contributed by atoms with van der Waals surface area (Å²) in [5.41, 5.74) is 4.52. The van der Waals surface area contributed by atoms with Crippen LogP contribution in [0.15, 0.2) is 91.3 Å². The van der Waals surface area contributed by atoms with Gasteiger partial charge in [0.2, 0.25) is 0 Å². The van der Waals surface area contributed by atoms with Crippen LogP contribution >= 0.6 is 23.2 Å². The normalized spacial score (nSPS) is 22.7. The van der Waals surface area contributed by atoms with Crippen molar-refractivity contribution >= 4 is 68.5 Å². The van der Waals surface area contributed by atoms with E-state index in [9.17, 15) is 33.1 Å². The van der Waals surface area contributed by atoms with Gasteiger partial charge in [0.1, 0.15) is 11.6 Å². The lowest BCUT2D eigenvalue weighted by atomic mass is 10.0. The molecule has 0 unspecified atom stereocenters. The molecule has 4 saturated heterocycles. The van der Waals surface area contributed by atoms with Crippen LogP contribution in [0.5, 0.6) is 0 Å². The van der Waals surface area contributed by atoms with E-state index in [4.69, 9.17) is 28.3 Å². The Morgan fingerprint density at radius 3 is 1.65 bits per heavy atom. The van der Waals surface area contributed by atoms with Gasteiger partial charge in [-0.3, -0.25) is 29.0 Å². The van der Waals surface area contributed by atoms with Crippen molar-refractivity contribution in [3.05, 3.63) is 141 Å². The molecule has 4 aliphatic heterocycles. The van der Waals surface area contributed by atoms with Crippen molar-refractivity contribution in [1.82, 2.24) is 39.8 Å². The number of carbonyl (C=O) groups is 4. The summed E-state index contributed by atoms with van der Waals surface area (Å²) >= 11 is 12.9. The Labute approximate surface area is 427 Å². The van der Waals surface area contributed by atoms with Gasteiger partial charge in [-0.2, -0.15) is 0 Å². The maximum Gasteiger partial charge on any atom is 0.295 e. The molecule has 0 bridgehead atoms. The maximum atomic E-state index is 13.7. The van der Waals surface area contributed by atoms with Crippen LogP contribution in [0.3, 0.4) is 0 Å². The van der Waals surface area contributed by atoms with Crippen LogP contribution in [0.25, 0.3) is 21.8 Å². The van der Waals surface area contributed by atoms with E-state index in [0.29, 0.717) is 60.6 Å². The summed E-state index contributed by atoms with van der Waals surface area (Å²) in [5.74, 6) is -2.14. The molecule has 0 saturated carbocycles. The number of carbonyl (C=O) groups excluding carboxylic acids is 4. The SMILES string of the molecule is C[C@@H]1CN(Cc2ccc(F)cc2)[C@@H](C)CN1C(=O)c1cc2c(C(=O)C(=O)N3CC[C@H](O)C3)c[nH]c2cc1Cl.C[C@@H]1CN(Cc2ccc(F)cc2)[C@@H](C)CN1C(=O)c1cc2cc[nH]c2cc1Cl.O[C@H]1CCNC1. The van der Waals surface area contributed by atoms with Crippen molar-refractivity contribution in [2.45, 2.75) is 90.0 Å². The standard InChI is InChI=1S/C28H30ClFN4O4.C22H23ClFN3O.C4H9NO/c1-16-13-34(17(2)12-33(16)14-18-3-5-19(30)6-4-18)27(37)22-9-21-23(11-31-25(21)10-24(22)29)26(36)28(38)32-8-7-20(35)15-32;1-14-12-27(15(2)11-26(14)13-16-3-5-18(24)6-4-16)22(28)19-9-17-7-8-25-21(17)10-20(19)23;6-4-1-2-5-3-4/h3-6,9-11,16-17,20,31,35H,7-8,12-15H2,1-2H3;3-10,14-15,25H,11-13H2,1-2H3;4-6H,1-3H2/t16-,17+,20-;14-,15+;4-/m000/s1. The number of aromatic amines is 2. The number of Topliss-reactive ketones (excluding diaryl/α,β-unsaturated/α-hetero) is 1. The molecule has 4 aliphatic rings. The highest BCUT2D eigenvalue weighted by Gasteiger charge is 2.36. The molecular formula is C54H62Cl2F2N8O6. The first-order valence-electron chi connectivity index (χ1n) is 24.5. The molecule has 5 N–H and O–H groups in total. The summed E-state index contributed by atoms with van der Waals surface area (Å²) in [6.45, 7) is 14.3. The number of aliphatic hydroxyl groups is 2. The number of fused-ring (bicyclic) bond motifs is 2. The Bertz CT molecular complexity index is 2890. The zero-order valence-electron chi connectivity index (χ0n) is 40.9. The molecule has 382 valence electrons. The topological polar surface area (TPSA) is 169 Å². The lowest BCUT2D eigenvalue weighted by molar-refractivity contribution is -0.125. The Morgan fingerprint density at radius 2 is 1.17 bits per heavy atom. The van der Waals surface area contributed by atoms with Crippen molar-refractivity contribution < 1.29 is 38.2 Å². The number of rotatable bonds is 8. The van der Waals surface area contributed by atoms with Crippen LogP contribution < -0.4 is 5.32 Å². The number of H-pyrrole nitrogens is 2. The number of aromatic nitrogens is 2. The zero-order valence-corrected chi connectivity index (χ0v) is 42.4. The molecule has 18 heteroatoms. The fraction of sp³-hybridized carbons (Fsp3) is 0.407. The minimum absolute atomic E-state index is 0.0334. The number of nitrogens with zero attached hydrogens (tertiary/aromatic N) is 5. The first-order valence-corrected chi connectivity index (χ1v) is 25.3. The van der Waals surface area contributed by atoms with Gasteiger partial charge < -0.3 is 40.2 Å².